The van der Waals surface area contributed by atoms with Gasteiger partial charge in [0.1, 0.15) is 5.69 Å². The highest BCUT2D eigenvalue weighted by Gasteiger charge is 2.06. The Kier molecular flexibility index (Phi) is 2.70. The summed E-state index contributed by atoms with van der Waals surface area (Å²) >= 11 is 3.27. The third-order valence-electron chi connectivity index (χ3n) is 1.30. The van der Waals surface area contributed by atoms with E-state index in [-0.39, 0.29) is 5.97 Å². The van der Waals surface area contributed by atoms with Gasteiger partial charge in [-0.2, -0.15) is 0 Å². The molecule has 0 spiro atoms. The normalized spacial score (nSPS) is 9.64. The summed E-state index contributed by atoms with van der Waals surface area (Å²) in [6.07, 6.45) is 1.76. The summed E-state index contributed by atoms with van der Waals surface area (Å²) in [6, 6.07) is 1.75. The van der Waals surface area contributed by atoms with Crippen molar-refractivity contribution in [2.75, 3.05) is 7.11 Å². The van der Waals surface area contributed by atoms with Crippen molar-refractivity contribution >= 4 is 21.9 Å². The van der Waals surface area contributed by atoms with E-state index < -0.39 is 0 Å². The van der Waals surface area contributed by atoms with Crippen molar-refractivity contribution in [3.05, 3.63) is 23.5 Å². The summed E-state index contributed by atoms with van der Waals surface area (Å²) in [7, 11) is 1.36. The van der Waals surface area contributed by atoms with Crippen LogP contribution in [0.25, 0.3) is 0 Å². The molecule has 11 heavy (non-hydrogen) atoms. The second kappa shape index (κ2) is 3.57. The average molecular weight is 218 g/mol. The second-order valence-electron chi connectivity index (χ2n) is 2.05. The highest BCUT2D eigenvalue weighted by atomic mass is 79.9. The van der Waals surface area contributed by atoms with Gasteiger partial charge in [0.15, 0.2) is 0 Å². The van der Waals surface area contributed by atoms with Gasteiger partial charge >= 0.3 is 5.97 Å². The first-order valence-electron chi connectivity index (χ1n) is 3.09. The van der Waals surface area contributed by atoms with Gasteiger partial charge < -0.3 is 9.72 Å². The van der Waals surface area contributed by atoms with Gasteiger partial charge in [0.2, 0.25) is 0 Å². The molecule has 0 fully saturated rings. The van der Waals surface area contributed by atoms with E-state index in [2.05, 4.69) is 25.7 Å². The Morgan fingerprint density at radius 3 is 3.00 bits per heavy atom. The van der Waals surface area contributed by atoms with E-state index >= 15 is 0 Å². The van der Waals surface area contributed by atoms with E-state index in [1.165, 1.54) is 7.11 Å². The largest absolute Gasteiger partial charge is 0.464 e. The fourth-order valence-corrected chi connectivity index (χ4v) is 1.07. The van der Waals surface area contributed by atoms with Crippen LogP contribution in [-0.4, -0.2) is 18.1 Å². The molecule has 0 atom stereocenters. The zero-order chi connectivity index (χ0) is 8.27. The number of rotatable bonds is 2. The number of carbonyl (C=O) groups is 1. The number of alkyl halides is 1. The van der Waals surface area contributed by atoms with Crippen molar-refractivity contribution < 1.29 is 9.53 Å². The van der Waals surface area contributed by atoms with Gasteiger partial charge in [0, 0.05) is 11.5 Å². The Bertz CT molecular complexity index is 257. The van der Waals surface area contributed by atoms with Crippen molar-refractivity contribution in [2.24, 2.45) is 0 Å². The van der Waals surface area contributed by atoms with Crippen LogP contribution in [0.2, 0.25) is 0 Å². The lowest BCUT2D eigenvalue weighted by molar-refractivity contribution is 0.0595. The van der Waals surface area contributed by atoms with Gasteiger partial charge in [-0.1, -0.05) is 15.9 Å². The molecule has 0 amide bonds. The fraction of sp³-hybridized carbons (Fsp3) is 0.286. The monoisotopic (exact) mass is 217 g/mol. The molecule has 0 aromatic carbocycles. The molecule has 0 saturated carbocycles. The van der Waals surface area contributed by atoms with E-state index in [9.17, 15) is 4.79 Å². The maximum atomic E-state index is 10.9. The molecule has 0 aliphatic rings. The number of halogens is 1. The highest BCUT2D eigenvalue weighted by molar-refractivity contribution is 9.08. The van der Waals surface area contributed by atoms with Crippen molar-refractivity contribution in [1.82, 2.24) is 4.98 Å². The van der Waals surface area contributed by atoms with Crippen LogP contribution >= 0.6 is 15.9 Å². The predicted molar refractivity (Wildman–Crippen MR) is 44.8 cm³/mol. The van der Waals surface area contributed by atoms with E-state index in [0.29, 0.717) is 5.69 Å². The average Bonchev–Trinajstić information content (AvgIpc) is 2.50. The first-order chi connectivity index (χ1) is 5.27. The molecular formula is C7H8BrNO2. The lowest BCUT2D eigenvalue weighted by Gasteiger charge is -1.91. The zero-order valence-electron chi connectivity index (χ0n) is 6.06. The van der Waals surface area contributed by atoms with Crippen LogP contribution in [0.1, 0.15) is 16.1 Å². The van der Waals surface area contributed by atoms with Crippen molar-refractivity contribution in [3.8, 4) is 0 Å². The summed E-state index contributed by atoms with van der Waals surface area (Å²) in [6.45, 7) is 0. The number of methoxy groups -OCH3 is 1. The number of nitrogens with one attached hydrogen (secondary N) is 1. The van der Waals surface area contributed by atoms with Crippen LogP contribution in [0.15, 0.2) is 12.3 Å². The minimum Gasteiger partial charge on any atom is -0.464 e. The Labute approximate surface area is 72.9 Å². The molecule has 60 valence electrons. The quantitative estimate of drug-likeness (QED) is 0.606. The number of ether oxygens (including phenoxy) is 1. The standard InChI is InChI=1S/C7H8BrNO2/c1-11-7(10)6-2-5(3-8)4-9-6/h2,4,9H,3H2,1H3. The minimum atomic E-state index is -0.336. The Morgan fingerprint density at radius 2 is 2.55 bits per heavy atom. The molecule has 1 aromatic rings. The van der Waals surface area contributed by atoms with Crippen LogP contribution < -0.4 is 0 Å². The van der Waals surface area contributed by atoms with E-state index in [4.69, 9.17) is 0 Å². The first-order valence-corrected chi connectivity index (χ1v) is 4.21. The summed E-state index contributed by atoms with van der Waals surface area (Å²) in [5.41, 5.74) is 1.52. The van der Waals surface area contributed by atoms with Gasteiger partial charge in [-0.15, -0.1) is 0 Å². The fourth-order valence-electron chi connectivity index (χ4n) is 0.744. The van der Waals surface area contributed by atoms with E-state index in [1.807, 2.05) is 0 Å². The minimum absolute atomic E-state index is 0.336. The highest BCUT2D eigenvalue weighted by Crippen LogP contribution is 2.07. The van der Waals surface area contributed by atoms with Crippen molar-refractivity contribution in [2.45, 2.75) is 5.33 Å². The summed E-state index contributed by atoms with van der Waals surface area (Å²) in [5, 5.41) is 0.737. The van der Waals surface area contributed by atoms with Gasteiger partial charge in [-0.3, -0.25) is 0 Å². The number of aromatic nitrogens is 1. The number of carbonyl (C=O) groups excluding carboxylic acids is 1. The number of hydrogen-bond donors (Lipinski definition) is 1. The smallest absolute Gasteiger partial charge is 0.354 e. The molecule has 4 heteroatoms. The molecule has 0 aliphatic heterocycles. The van der Waals surface area contributed by atoms with Gasteiger partial charge in [-0.25, -0.2) is 4.79 Å². The molecule has 1 rings (SSSR count). The molecule has 0 saturated heterocycles. The van der Waals surface area contributed by atoms with E-state index in [1.54, 1.807) is 12.3 Å². The maximum Gasteiger partial charge on any atom is 0.354 e. The van der Waals surface area contributed by atoms with Crippen molar-refractivity contribution in [3.63, 3.8) is 0 Å². The summed E-state index contributed by atoms with van der Waals surface area (Å²) in [4.78, 5) is 13.7. The third kappa shape index (κ3) is 1.83. The van der Waals surface area contributed by atoms with Crippen molar-refractivity contribution in [1.29, 1.82) is 0 Å². The van der Waals surface area contributed by atoms with Crippen LogP contribution in [0, 0.1) is 0 Å². The van der Waals surface area contributed by atoms with Crippen LogP contribution in [-0.2, 0) is 10.1 Å². The summed E-state index contributed by atoms with van der Waals surface area (Å²) in [5.74, 6) is -0.336. The lowest BCUT2D eigenvalue weighted by Crippen LogP contribution is -2.00. The van der Waals surface area contributed by atoms with E-state index in [0.717, 1.165) is 10.9 Å². The predicted octanol–water partition coefficient (Wildman–Crippen LogP) is 1.70. The molecule has 0 aliphatic carbocycles. The molecule has 1 heterocycles. The molecular weight excluding hydrogens is 210 g/mol. The molecule has 3 nitrogen and oxygen atoms in total. The topological polar surface area (TPSA) is 42.1 Å². The van der Waals surface area contributed by atoms with Crippen LogP contribution in [0.4, 0.5) is 0 Å². The number of aromatic amines is 1. The number of hydrogen-bond acceptors (Lipinski definition) is 2. The van der Waals surface area contributed by atoms with Gasteiger partial charge in [0.05, 0.1) is 7.11 Å². The zero-order valence-corrected chi connectivity index (χ0v) is 7.64. The Balaban J connectivity index is 2.80. The first kappa shape index (κ1) is 8.33. The molecule has 0 radical (unpaired) electrons. The molecule has 1 N–H and O–H groups in total. The maximum absolute atomic E-state index is 10.9. The van der Waals surface area contributed by atoms with Gasteiger partial charge in [0.25, 0.3) is 0 Å². The third-order valence-corrected chi connectivity index (χ3v) is 1.95. The molecule has 0 bridgehead atoms. The number of esters is 1. The second-order valence-corrected chi connectivity index (χ2v) is 2.61. The molecule has 1 aromatic heterocycles. The Morgan fingerprint density at radius 1 is 1.82 bits per heavy atom. The van der Waals surface area contributed by atoms with Gasteiger partial charge in [-0.05, 0) is 11.6 Å². The Hall–Kier alpha value is -0.770. The SMILES string of the molecule is COC(=O)c1cc(CBr)c[nH]1. The number of H-pyrrole nitrogens is 1. The summed E-state index contributed by atoms with van der Waals surface area (Å²) < 4.78 is 4.51. The molecule has 0 unspecified atom stereocenters. The van der Waals surface area contributed by atoms with Crippen LogP contribution in [0.5, 0.6) is 0 Å². The lowest BCUT2D eigenvalue weighted by atomic mass is 10.3. The van der Waals surface area contributed by atoms with Crippen LogP contribution in [0.3, 0.4) is 0 Å².